The van der Waals surface area contributed by atoms with Gasteiger partial charge in [0.1, 0.15) is 12.7 Å². The van der Waals surface area contributed by atoms with Crippen LogP contribution in [0, 0.1) is 13.8 Å². The monoisotopic (exact) mass is 354 g/mol. The number of rotatable bonds is 5. The van der Waals surface area contributed by atoms with E-state index in [1.807, 2.05) is 50.2 Å². The van der Waals surface area contributed by atoms with Gasteiger partial charge in [-0.1, -0.05) is 18.2 Å². The average molecular weight is 354 g/mol. The van der Waals surface area contributed by atoms with Crippen LogP contribution in [0.2, 0.25) is 0 Å². The van der Waals surface area contributed by atoms with Crippen LogP contribution in [0.5, 0.6) is 11.5 Å². The zero-order chi connectivity index (χ0) is 18.5. The molecule has 1 unspecified atom stereocenters. The molecule has 136 valence electrons. The zero-order valence-electron chi connectivity index (χ0n) is 14.9. The van der Waals surface area contributed by atoms with E-state index in [-0.39, 0.29) is 24.5 Å². The highest BCUT2D eigenvalue weighted by molar-refractivity contribution is 5.96. The molecule has 1 atom stereocenters. The SMILES string of the molecule is Cc1ccc(C(=O)NCC(=O)NCC2COc3ccccc3O2)cc1C. The maximum absolute atomic E-state index is 12.1. The molecule has 0 saturated heterocycles. The molecule has 1 aliphatic heterocycles. The highest BCUT2D eigenvalue weighted by atomic mass is 16.6. The van der Waals surface area contributed by atoms with Crippen molar-refractivity contribution in [2.24, 2.45) is 0 Å². The average Bonchev–Trinajstić information content (AvgIpc) is 2.66. The molecule has 0 radical (unpaired) electrons. The topological polar surface area (TPSA) is 76.7 Å². The highest BCUT2D eigenvalue weighted by Gasteiger charge is 2.21. The van der Waals surface area contributed by atoms with Crippen molar-refractivity contribution in [2.45, 2.75) is 20.0 Å². The lowest BCUT2D eigenvalue weighted by atomic mass is 10.1. The van der Waals surface area contributed by atoms with Crippen LogP contribution in [0.25, 0.3) is 0 Å². The summed E-state index contributed by atoms with van der Waals surface area (Å²) in [6.45, 7) is 4.53. The first-order chi connectivity index (χ1) is 12.5. The summed E-state index contributed by atoms with van der Waals surface area (Å²) >= 11 is 0. The molecule has 2 aromatic rings. The fourth-order valence-electron chi connectivity index (χ4n) is 2.60. The molecule has 1 heterocycles. The number of hydrogen-bond acceptors (Lipinski definition) is 4. The van der Waals surface area contributed by atoms with Gasteiger partial charge in [0.2, 0.25) is 5.91 Å². The molecule has 1 aliphatic rings. The molecule has 6 nitrogen and oxygen atoms in total. The number of fused-ring (bicyclic) bond motifs is 1. The fraction of sp³-hybridized carbons (Fsp3) is 0.300. The van der Waals surface area contributed by atoms with E-state index in [1.165, 1.54) is 0 Å². The number of amides is 2. The second-order valence-electron chi connectivity index (χ2n) is 6.28. The first-order valence-corrected chi connectivity index (χ1v) is 8.53. The molecule has 0 aromatic heterocycles. The molecule has 2 aromatic carbocycles. The molecule has 0 aliphatic carbocycles. The van der Waals surface area contributed by atoms with Crippen LogP contribution < -0.4 is 20.1 Å². The Hall–Kier alpha value is -3.02. The van der Waals surface area contributed by atoms with E-state index in [2.05, 4.69) is 10.6 Å². The predicted molar refractivity (Wildman–Crippen MR) is 97.6 cm³/mol. The first-order valence-electron chi connectivity index (χ1n) is 8.53. The van der Waals surface area contributed by atoms with Crippen molar-refractivity contribution < 1.29 is 19.1 Å². The minimum atomic E-state index is -0.273. The van der Waals surface area contributed by atoms with Crippen LogP contribution in [-0.4, -0.2) is 37.6 Å². The Bertz CT molecular complexity index is 819. The van der Waals surface area contributed by atoms with Crippen LogP contribution in [0.1, 0.15) is 21.5 Å². The van der Waals surface area contributed by atoms with Crippen molar-refractivity contribution in [1.29, 1.82) is 0 Å². The van der Waals surface area contributed by atoms with Gasteiger partial charge in [-0.25, -0.2) is 0 Å². The third-order valence-electron chi connectivity index (χ3n) is 4.27. The van der Waals surface area contributed by atoms with Crippen molar-refractivity contribution in [1.82, 2.24) is 10.6 Å². The van der Waals surface area contributed by atoms with Gasteiger partial charge in [-0.3, -0.25) is 9.59 Å². The second kappa shape index (κ2) is 7.91. The highest BCUT2D eigenvalue weighted by Crippen LogP contribution is 2.30. The van der Waals surface area contributed by atoms with E-state index in [4.69, 9.17) is 9.47 Å². The normalized spacial score (nSPS) is 15.2. The number of carbonyl (C=O) groups excluding carboxylic acids is 2. The van der Waals surface area contributed by atoms with E-state index < -0.39 is 0 Å². The molecular weight excluding hydrogens is 332 g/mol. The summed E-state index contributed by atoms with van der Waals surface area (Å²) in [6.07, 6.45) is -0.260. The summed E-state index contributed by atoms with van der Waals surface area (Å²) in [5.74, 6) is 0.829. The molecule has 26 heavy (non-hydrogen) atoms. The van der Waals surface area contributed by atoms with Crippen LogP contribution in [0.15, 0.2) is 42.5 Å². The van der Waals surface area contributed by atoms with Crippen LogP contribution in [0.4, 0.5) is 0 Å². The number of aryl methyl sites for hydroxylation is 2. The predicted octanol–water partition coefficient (Wildman–Crippen LogP) is 1.99. The van der Waals surface area contributed by atoms with Crippen molar-refractivity contribution in [3.05, 3.63) is 59.2 Å². The molecule has 0 spiro atoms. The van der Waals surface area contributed by atoms with Crippen molar-refractivity contribution >= 4 is 11.8 Å². The van der Waals surface area contributed by atoms with Crippen LogP contribution in [-0.2, 0) is 4.79 Å². The number of para-hydroxylation sites is 2. The lowest BCUT2D eigenvalue weighted by molar-refractivity contribution is -0.120. The summed E-state index contributed by atoms with van der Waals surface area (Å²) in [5, 5.41) is 5.38. The maximum Gasteiger partial charge on any atom is 0.251 e. The molecule has 0 fully saturated rings. The summed E-state index contributed by atoms with van der Waals surface area (Å²) in [5.41, 5.74) is 2.70. The third-order valence-corrected chi connectivity index (χ3v) is 4.27. The number of hydrogen-bond donors (Lipinski definition) is 2. The maximum atomic E-state index is 12.1. The summed E-state index contributed by atoms with van der Waals surface area (Å²) in [6, 6.07) is 12.9. The Kier molecular flexibility index (Phi) is 5.41. The van der Waals surface area contributed by atoms with Gasteiger partial charge in [-0.2, -0.15) is 0 Å². The zero-order valence-corrected chi connectivity index (χ0v) is 14.9. The van der Waals surface area contributed by atoms with E-state index in [0.717, 1.165) is 11.1 Å². The van der Waals surface area contributed by atoms with Gasteiger partial charge in [0.05, 0.1) is 13.1 Å². The molecule has 2 amide bonds. The summed E-state index contributed by atoms with van der Waals surface area (Å²) < 4.78 is 11.4. The Morgan fingerprint density at radius 2 is 1.81 bits per heavy atom. The molecule has 2 N–H and O–H groups in total. The Morgan fingerprint density at radius 1 is 1.04 bits per heavy atom. The van der Waals surface area contributed by atoms with Gasteiger partial charge in [-0.15, -0.1) is 0 Å². The van der Waals surface area contributed by atoms with Crippen molar-refractivity contribution in [3.63, 3.8) is 0 Å². The van der Waals surface area contributed by atoms with Crippen LogP contribution >= 0.6 is 0 Å². The first kappa shape index (κ1) is 17.8. The van der Waals surface area contributed by atoms with Gasteiger partial charge in [0.25, 0.3) is 5.91 Å². The Balaban J connectivity index is 1.43. The Labute approximate surface area is 152 Å². The number of benzene rings is 2. The Morgan fingerprint density at radius 3 is 2.58 bits per heavy atom. The van der Waals surface area contributed by atoms with E-state index in [1.54, 1.807) is 6.07 Å². The molecule has 3 rings (SSSR count). The van der Waals surface area contributed by atoms with Crippen molar-refractivity contribution in [3.8, 4) is 11.5 Å². The quantitative estimate of drug-likeness (QED) is 0.861. The molecular formula is C20H22N2O4. The van der Waals surface area contributed by atoms with Gasteiger partial charge in [-0.05, 0) is 49.2 Å². The summed E-state index contributed by atoms with van der Waals surface area (Å²) in [7, 11) is 0. The third kappa shape index (κ3) is 4.33. The molecule has 6 heteroatoms. The number of nitrogens with one attached hydrogen (secondary N) is 2. The van der Waals surface area contributed by atoms with E-state index in [0.29, 0.717) is 30.2 Å². The minimum absolute atomic E-state index is 0.0874. The lowest BCUT2D eigenvalue weighted by Gasteiger charge is -2.26. The molecule has 0 saturated carbocycles. The second-order valence-corrected chi connectivity index (χ2v) is 6.28. The lowest BCUT2D eigenvalue weighted by Crippen LogP contribution is -2.44. The fourth-order valence-corrected chi connectivity index (χ4v) is 2.60. The number of ether oxygens (including phenoxy) is 2. The number of carbonyl (C=O) groups is 2. The standard InChI is InChI=1S/C20H22N2O4/c1-13-7-8-15(9-14(13)2)20(24)22-11-19(23)21-10-16-12-25-17-5-3-4-6-18(17)26-16/h3-9,16H,10-12H2,1-2H3,(H,21,23)(H,22,24). The van der Waals surface area contributed by atoms with Crippen molar-refractivity contribution in [2.75, 3.05) is 19.7 Å². The van der Waals surface area contributed by atoms with Gasteiger partial charge < -0.3 is 20.1 Å². The van der Waals surface area contributed by atoms with Gasteiger partial charge in [0, 0.05) is 5.56 Å². The molecule has 0 bridgehead atoms. The smallest absolute Gasteiger partial charge is 0.251 e. The van der Waals surface area contributed by atoms with E-state index in [9.17, 15) is 9.59 Å². The summed E-state index contributed by atoms with van der Waals surface area (Å²) in [4.78, 5) is 24.1. The largest absolute Gasteiger partial charge is 0.486 e. The van der Waals surface area contributed by atoms with Gasteiger partial charge >= 0.3 is 0 Å². The van der Waals surface area contributed by atoms with Gasteiger partial charge in [0.15, 0.2) is 11.5 Å². The van der Waals surface area contributed by atoms with E-state index >= 15 is 0 Å². The van der Waals surface area contributed by atoms with Crippen LogP contribution in [0.3, 0.4) is 0 Å². The minimum Gasteiger partial charge on any atom is -0.486 e.